The van der Waals surface area contributed by atoms with Crippen LogP contribution in [0.15, 0.2) is 35.9 Å². The lowest BCUT2D eigenvalue weighted by Gasteiger charge is -2.31. The van der Waals surface area contributed by atoms with E-state index in [2.05, 4.69) is 53.5 Å². The van der Waals surface area contributed by atoms with E-state index >= 15 is 0 Å². The maximum absolute atomic E-state index is 10.7. The van der Waals surface area contributed by atoms with E-state index in [1.807, 2.05) is 0 Å². The number of nitrogens with zero attached hydrogens (tertiary/aromatic N) is 1. The molecule has 2 N–H and O–H groups in total. The summed E-state index contributed by atoms with van der Waals surface area (Å²) in [5, 5.41) is 12.5. The molecule has 4 heteroatoms. The van der Waals surface area contributed by atoms with Gasteiger partial charge in [-0.05, 0) is 63.2 Å². The molecule has 1 heterocycles. The van der Waals surface area contributed by atoms with Gasteiger partial charge >= 0.3 is 5.97 Å². The van der Waals surface area contributed by atoms with Gasteiger partial charge in [0.25, 0.3) is 0 Å². The molecular formula is C21H30N2O2. The van der Waals surface area contributed by atoms with E-state index in [1.165, 1.54) is 30.4 Å². The lowest BCUT2D eigenvalue weighted by atomic mass is 9.96. The molecule has 25 heavy (non-hydrogen) atoms. The Morgan fingerprint density at radius 3 is 2.68 bits per heavy atom. The molecule has 2 unspecified atom stereocenters. The number of carboxylic acid groups (broad SMARTS) is 1. The van der Waals surface area contributed by atoms with Crippen molar-refractivity contribution in [2.75, 3.05) is 26.2 Å². The third-order valence-electron chi connectivity index (χ3n) is 5.59. The third kappa shape index (κ3) is 5.68. The Bertz CT molecular complexity index is 591. The lowest BCUT2D eigenvalue weighted by molar-refractivity contribution is -0.137. The summed E-state index contributed by atoms with van der Waals surface area (Å²) in [7, 11) is 0. The summed E-state index contributed by atoms with van der Waals surface area (Å²) in [6.45, 7) is 6.14. The highest BCUT2D eigenvalue weighted by Crippen LogP contribution is 2.38. The van der Waals surface area contributed by atoms with E-state index in [4.69, 9.17) is 5.11 Å². The molecule has 1 aromatic rings. The van der Waals surface area contributed by atoms with Crippen LogP contribution in [-0.4, -0.2) is 48.2 Å². The fourth-order valence-electron chi connectivity index (χ4n) is 3.83. The molecule has 2 fully saturated rings. The minimum Gasteiger partial charge on any atom is -0.481 e. The van der Waals surface area contributed by atoms with E-state index in [1.54, 1.807) is 0 Å². The number of hydrogen-bond acceptors (Lipinski definition) is 3. The maximum atomic E-state index is 10.7. The van der Waals surface area contributed by atoms with Crippen molar-refractivity contribution in [2.45, 2.75) is 38.6 Å². The van der Waals surface area contributed by atoms with Gasteiger partial charge < -0.3 is 15.3 Å². The number of hydrogen-bond donors (Lipinski definition) is 2. The number of carboxylic acids is 1. The van der Waals surface area contributed by atoms with E-state index in [0.717, 1.165) is 25.6 Å². The lowest BCUT2D eigenvalue weighted by Crippen LogP contribution is -2.38. The van der Waals surface area contributed by atoms with Crippen LogP contribution in [0.5, 0.6) is 0 Å². The molecule has 0 aromatic heterocycles. The van der Waals surface area contributed by atoms with E-state index in [0.29, 0.717) is 18.5 Å². The minimum atomic E-state index is -0.692. The van der Waals surface area contributed by atoms with E-state index < -0.39 is 5.97 Å². The van der Waals surface area contributed by atoms with Crippen LogP contribution < -0.4 is 5.32 Å². The fraction of sp³-hybridized carbons (Fsp3) is 0.571. The van der Waals surface area contributed by atoms with Crippen LogP contribution in [0.2, 0.25) is 0 Å². The first kappa shape index (κ1) is 18.2. The summed E-state index contributed by atoms with van der Waals surface area (Å²) in [5.74, 6) is 0.735. The highest BCUT2D eigenvalue weighted by molar-refractivity contribution is 5.66. The van der Waals surface area contributed by atoms with E-state index in [9.17, 15) is 4.79 Å². The SMILES string of the molecule is C/C(=C\c1ccccc1)C1CC1NCC1CCN(CCC(=O)O)CC1. The zero-order valence-corrected chi connectivity index (χ0v) is 15.2. The molecule has 136 valence electrons. The van der Waals surface area contributed by atoms with Crippen LogP contribution in [0, 0.1) is 11.8 Å². The van der Waals surface area contributed by atoms with Gasteiger partial charge in [0.2, 0.25) is 0 Å². The Morgan fingerprint density at radius 1 is 1.28 bits per heavy atom. The Morgan fingerprint density at radius 2 is 2.00 bits per heavy atom. The van der Waals surface area contributed by atoms with E-state index in [-0.39, 0.29) is 6.42 Å². The Labute approximate surface area is 150 Å². The Kier molecular flexibility index (Phi) is 6.27. The van der Waals surface area contributed by atoms with Crippen LogP contribution in [0.1, 0.15) is 38.2 Å². The zero-order chi connectivity index (χ0) is 17.6. The van der Waals surface area contributed by atoms with Crippen molar-refractivity contribution < 1.29 is 9.90 Å². The fourth-order valence-corrected chi connectivity index (χ4v) is 3.83. The van der Waals surface area contributed by atoms with Crippen LogP contribution >= 0.6 is 0 Å². The van der Waals surface area contributed by atoms with Gasteiger partial charge in [-0.1, -0.05) is 42.0 Å². The van der Waals surface area contributed by atoms with Crippen molar-refractivity contribution in [3.05, 3.63) is 41.5 Å². The summed E-state index contributed by atoms with van der Waals surface area (Å²) in [6, 6.07) is 11.2. The molecule has 1 aliphatic carbocycles. The first-order chi connectivity index (χ1) is 12.1. The second-order valence-corrected chi connectivity index (χ2v) is 7.58. The van der Waals surface area contributed by atoms with Gasteiger partial charge in [-0.2, -0.15) is 0 Å². The van der Waals surface area contributed by atoms with Gasteiger partial charge in [0.15, 0.2) is 0 Å². The van der Waals surface area contributed by atoms with Gasteiger partial charge in [-0.3, -0.25) is 4.79 Å². The second kappa shape index (κ2) is 8.63. The number of carbonyl (C=O) groups is 1. The van der Waals surface area contributed by atoms with Crippen LogP contribution in [-0.2, 0) is 4.79 Å². The summed E-state index contributed by atoms with van der Waals surface area (Å²) < 4.78 is 0. The Hall–Kier alpha value is -1.65. The van der Waals surface area contributed by atoms with Crippen LogP contribution in [0.3, 0.4) is 0 Å². The van der Waals surface area contributed by atoms with Gasteiger partial charge in [-0.15, -0.1) is 0 Å². The van der Waals surface area contributed by atoms with Crippen molar-refractivity contribution in [1.82, 2.24) is 10.2 Å². The number of rotatable bonds is 8. The maximum Gasteiger partial charge on any atom is 0.304 e. The van der Waals surface area contributed by atoms with Crippen molar-refractivity contribution in [1.29, 1.82) is 0 Å². The molecule has 3 rings (SSSR count). The first-order valence-electron chi connectivity index (χ1n) is 9.52. The van der Waals surface area contributed by atoms with Crippen molar-refractivity contribution in [2.24, 2.45) is 11.8 Å². The molecule has 0 radical (unpaired) electrons. The van der Waals surface area contributed by atoms with Crippen molar-refractivity contribution >= 4 is 12.0 Å². The van der Waals surface area contributed by atoms with Gasteiger partial charge in [0, 0.05) is 12.6 Å². The van der Waals surface area contributed by atoms with Gasteiger partial charge in [-0.25, -0.2) is 0 Å². The standard InChI is InChI=1S/C21H30N2O2/c1-16(13-17-5-3-2-4-6-17)19-14-20(19)22-15-18-7-10-23(11-8-18)12-9-21(24)25/h2-6,13,18-20,22H,7-12,14-15H2,1H3,(H,24,25)/b16-13+. The molecule has 2 atom stereocenters. The smallest absolute Gasteiger partial charge is 0.304 e. The molecule has 0 amide bonds. The summed E-state index contributed by atoms with van der Waals surface area (Å²) in [6.07, 6.45) is 6.20. The predicted octanol–water partition coefficient (Wildman–Crippen LogP) is 3.25. The number of benzene rings is 1. The molecule has 1 aromatic carbocycles. The van der Waals surface area contributed by atoms with Crippen LogP contribution in [0.4, 0.5) is 0 Å². The van der Waals surface area contributed by atoms with Gasteiger partial charge in [0.05, 0.1) is 6.42 Å². The normalized spacial score (nSPS) is 25.1. The summed E-state index contributed by atoms with van der Waals surface area (Å²) in [5.41, 5.74) is 2.77. The predicted molar refractivity (Wildman–Crippen MR) is 101 cm³/mol. The second-order valence-electron chi connectivity index (χ2n) is 7.58. The molecule has 1 aliphatic heterocycles. The summed E-state index contributed by atoms with van der Waals surface area (Å²) >= 11 is 0. The molecule has 2 aliphatic rings. The number of likely N-dealkylation sites (tertiary alicyclic amines) is 1. The van der Waals surface area contributed by atoms with Crippen molar-refractivity contribution in [3.63, 3.8) is 0 Å². The minimum absolute atomic E-state index is 0.264. The monoisotopic (exact) mass is 342 g/mol. The number of nitrogens with one attached hydrogen (secondary N) is 1. The average Bonchev–Trinajstić information content (AvgIpc) is 3.40. The quantitative estimate of drug-likeness (QED) is 0.761. The zero-order valence-electron chi connectivity index (χ0n) is 15.2. The van der Waals surface area contributed by atoms with Gasteiger partial charge in [0.1, 0.15) is 0 Å². The summed E-state index contributed by atoms with van der Waals surface area (Å²) in [4.78, 5) is 12.9. The molecule has 4 nitrogen and oxygen atoms in total. The molecule has 0 bridgehead atoms. The largest absolute Gasteiger partial charge is 0.481 e. The highest BCUT2D eigenvalue weighted by atomic mass is 16.4. The van der Waals surface area contributed by atoms with Crippen LogP contribution in [0.25, 0.3) is 6.08 Å². The molecular weight excluding hydrogens is 312 g/mol. The number of aliphatic carboxylic acids is 1. The first-order valence-corrected chi connectivity index (χ1v) is 9.52. The molecule has 1 saturated heterocycles. The highest BCUT2D eigenvalue weighted by Gasteiger charge is 2.38. The van der Waals surface area contributed by atoms with Crippen molar-refractivity contribution in [3.8, 4) is 0 Å². The molecule has 0 spiro atoms. The average molecular weight is 342 g/mol. The number of piperidine rings is 1. The third-order valence-corrected chi connectivity index (χ3v) is 5.59. The topological polar surface area (TPSA) is 52.6 Å². The Balaban J connectivity index is 1.34. The molecule has 1 saturated carbocycles.